The van der Waals surface area contributed by atoms with Gasteiger partial charge in [-0.25, -0.2) is 0 Å². The number of aryl methyl sites for hydroxylation is 1. The molecule has 2 aliphatic carbocycles. The summed E-state index contributed by atoms with van der Waals surface area (Å²) in [5.41, 5.74) is 6.51. The van der Waals surface area contributed by atoms with Crippen LogP contribution in [0.15, 0.2) is 18.2 Å². The number of benzene rings is 1. The molecule has 2 heterocycles. The van der Waals surface area contributed by atoms with Crippen LogP contribution in [-0.4, -0.2) is 47.1 Å². The maximum Gasteiger partial charge on any atom is 0.0505 e. The van der Waals surface area contributed by atoms with Gasteiger partial charge in [0.2, 0.25) is 0 Å². The Morgan fingerprint density at radius 3 is 2.59 bits per heavy atom. The lowest BCUT2D eigenvalue weighted by Gasteiger charge is -2.40. The third-order valence-corrected chi connectivity index (χ3v) is 8.18. The van der Waals surface area contributed by atoms with Crippen molar-refractivity contribution < 1.29 is 0 Å². The lowest BCUT2D eigenvalue weighted by atomic mass is 9.83. The van der Waals surface area contributed by atoms with Crippen molar-refractivity contribution in [3.8, 4) is 0 Å². The molecule has 0 saturated heterocycles. The Labute approximate surface area is 177 Å². The van der Waals surface area contributed by atoms with Crippen LogP contribution < -0.4 is 0 Å². The molecule has 0 radical (unpaired) electrons. The van der Waals surface area contributed by atoms with Crippen molar-refractivity contribution in [1.29, 1.82) is 0 Å². The van der Waals surface area contributed by atoms with E-state index in [1.165, 1.54) is 96.2 Å². The van der Waals surface area contributed by atoms with Gasteiger partial charge in [-0.1, -0.05) is 39.2 Å². The number of fused-ring (bicyclic) bond motifs is 3. The molecule has 3 heteroatoms. The van der Waals surface area contributed by atoms with Gasteiger partial charge < -0.3 is 9.47 Å². The molecule has 0 bridgehead atoms. The molecule has 3 nitrogen and oxygen atoms in total. The third kappa shape index (κ3) is 3.55. The highest BCUT2D eigenvalue weighted by Gasteiger charge is 2.34. The molecule has 1 saturated carbocycles. The second-order valence-electron chi connectivity index (χ2n) is 9.60. The average Bonchev–Trinajstić information content (AvgIpc) is 3.11. The highest BCUT2D eigenvalue weighted by molar-refractivity contribution is 5.87. The summed E-state index contributed by atoms with van der Waals surface area (Å²) in [5, 5.41) is 1.60. The zero-order chi connectivity index (χ0) is 19.8. The predicted molar refractivity (Wildman–Crippen MR) is 123 cm³/mol. The zero-order valence-corrected chi connectivity index (χ0v) is 18.6. The van der Waals surface area contributed by atoms with Crippen molar-refractivity contribution in [1.82, 2.24) is 14.4 Å². The Morgan fingerprint density at radius 1 is 0.966 bits per heavy atom. The summed E-state index contributed by atoms with van der Waals surface area (Å²) in [6, 6.07) is 8.19. The molecule has 29 heavy (non-hydrogen) atoms. The topological polar surface area (TPSA) is 11.4 Å². The van der Waals surface area contributed by atoms with E-state index < -0.39 is 0 Å². The first kappa shape index (κ1) is 19.6. The lowest BCUT2D eigenvalue weighted by Crippen LogP contribution is -2.43. The predicted octanol–water partition coefficient (Wildman–Crippen LogP) is 5.72. The van der Waals surface area contributed by atoms with Gasteiger partial charge in [-0.05, 0) is 74.4 Å². The highest BCUT2D eigenvalue weighted by Crippen LogP contribution is 2.44. The van der Waals surface area contributed by atoms with Gasteiger partial charge in [0.15, 0.2) is 0 Å². The summed E-state index contributed by atoms with van der Waals surface area (Å²) in [4.78, 5) is 5.38. The van der Waals surface area contributed by atoms with E-state index in [2.05, 4.69) is 46.4 Å². The quantitative estimate of drug-likeness (QED) is 0.621. The summed E-state index contributed by atoms with van der Waals surface area (Å²) in [5.74, 6) is 0.808. The molecule has 0 N–H and O–H groups in total. The molecule has 1 aromatic heterocycles. The molecular formula is C26H39N3. The molecular weight excluding hydrogens is 354 g/mol. The van der Waals surface area contributed by atoms with Gasteiger partial charge in [-0.15, -0.1) is 0 Å². The van der Waals surface area contributed by atoms with Crippen LogP contribution in [0.5, 0.6) is 0 Å². The first-order valence-electron chi connectivity index (χ1n) is 12.4. The van der Waals surface area contributed by atoms with Crippen LogP contribution in [-0.2, 0) is 13.0 Å². The fraction of sp³-hybridized carbons (Fsp3) is 0.692. The molecule has 158 valence electrons. The molecule has 1 aromatic carbocycles. The van der Waals surface area contributed by atoms with Crippen molar-refractivity contribution in [2.75, 3.05) is 32.7 Å². The highest BCUT2D eigenvalue weighted by atomic mass is 15.3. The van der Waals surface area contributed by atoms with E-state index in [4.69, 9.17) is 0 Å². The molecule has 0 amide bonds. The van der Waals surface area contributed by atoms with E-state index in [1.807, 2.05) is 0 Å². The van der Waals surface area contributed by atoms with E-state index >= 15 is 0 Å². The lowest BCUT2D eigenvalue weighted by molar-refractivity contribution is 0.122. The van der Waals surface area contributed by atoms with Crippen LogP contribution in [0.4, 0.5) is 0 Å². The van der Waals surface area contributed by atoms with Crippen LogP contribution in [0, 0.1) is 0 Å². The first-order chi connectivity index (χ1) is 14.3. The summed E-state index contributed by atoms with van der Waals surface area (Å²) in [7, 11) is 0. The number of nitrogens with zero attached hydrogens (tertiary/aromatic N) is 3. The van der Waals surface area contributed by atoms with Gasteiger partial charge in [-0.3, -0.25) is 4.90 Å². The number of likely N-dealkylation sites (N-methyl/N-ethyl adjacent to an activating group) is 1. The fourth-order valence-electron chi connectivity index (χ4n) is 6.46. The van der Waals surface area contributed by atoms with Crippen LogP contribution in [0.1, 0.15) is 87.6 Å². The van der Waals surface area contributed by atoms with Crippen molar-refractivity contribution in [3.05, 3.63) is 35.0 Å². The Morgan fingerprint density at radius 2 is 1.79 bits per heavy atom. The number of rotatable bonds is 6. The monoisotopic (exact) mass is 393 g/mol. The fourth-order valence-corrected chi connectivity index (χ4v) is 6.46. The number of aromatic nitrogens is 1. The number of hydrogen-bond acceptors (Lipinski definition) is 2. The van der Waals surface area contributed by atoms with Crippen LogP contribution >= 0.6 is 0 Å². The largest absolute Gasteiger partial charge is 0.342 e. The molecule has 1 unspecified atom stereocenters. The standard InChI is InChI=1S/C26H39N3/c1-3-27(4-2)15-16-28-17-18-29-24-14-13-21(20-9-6-5-7-10-20)19-23(24)22-11-8-12-25(28)26(22)29/h13-14,19-20,25H,3-12,15-18H2,1-2H3. The minimum atomic E-state index is 0.647. The van der Waals surface area contributed by atoms with Crippen molar-refractivity contribution in [2.45, 2.75) is 83.7 Å². The van der Waals surface area contributed by atoms with Gasteiger partial charge in [0, 0.05) is 42.8 Å². The minimum absolute atomic E-state index is 0.647. The van der Waals surface area contributed by atoms with Gasteiger partial charge in [0.1, 0.15) is 0 Å². The average molecular weight is 394 g/mol. The zero-order valence-electron chi connectivity index (χ0n) is 18.6. The Balaban J connectivity index is 1.46. The van der Waals surface area contributed by atoms with Crippen LogP contribution in [0.25, 0.3) is 10.9 Å². The van der Waals surface area contributed by atoms with Crippen molar-refractivity contribution in [3.63, 3.8) is 0 Å². The van der Waals surface area contributed by atoms with Crippen LogP contribution in [0.2, 0.25) is 0 Å². The summed E-state index contributed by atoms with van der Waals surface area (Å²) in [6.07, 6.45) is 11.1. The van der Waals surface area contributed by atoms with E-state index in [0.29, 0.717) is 6.04 Å². The van der Waals surface area contributed by atoms with Gasteiger partial charge in [0.25, 0.3) is 0 Å². The smallest absolute Gasteiger partial charge is 0.0505 e. The Kier molecular flexibility index (Phi) is 5.71. The van der Waals surface area contributed by atoms with Crippen LogP contribution in [0.3, 0.4) is 0 Å². The SMILES string of the molecule is CCN(CC)CCN1CCn2c3c(c4cc(C5CCCCC5)ccc42)CCCC31. The molecule has 1 atom stereocenters. The van der Waals surface area contributed by atoms with E-state index in [9.17, 15) is 0 Å². The maximum atomic E-state index is 2.80. The first-order valence-corrected chi connectivity index (χ1v) is 12.4. The second-order valence-corrected chi connectivity index (χ2v) is 9.60. The third-order valence-electron chi connectivity index (χ3n) is 8.18. The minimum Gasteiger partial charge on any atom is -0.342 e. The van der Waals surface area contributed by atoms with E-state index in [1.54, 1.807) is 22.2 Å². The second kappa shape index (κ2) is 8.43. The molecule has 1 aliphatic heterocycles. The van der Waals surface area contributed by atoms with Gasteiger partial charge in [-0.2, -0.15) is 0 Å². The Bertz CT molecular complexity index is 841. The summed E-state index contributed by atoms with van der Waals surface area (Å²) >= 11 is 0. The Hall–Kier alpha value is -1.32. The maximum absolute atomic E-state index is 2.80. The molecule has 0 spiro atoms. The van der Waals surface area contributed by atoms with Gasteiger partial charge in [0.05, 0.1) is 6.04 Å². The van der Waals surface area contributed by atoms with Crippen molar-refractivity contribution >= 4 is 10.9 Å². The normalized spacial score (nSPS) is 23.1. The molecule has 2 aromatic rings. The molecule has 1 fully saturated rings. The molecule has 3 aliphatic rings. The van der Waals surface area contributed by atoms with Gasteiger partial charge >= 0.3 is 0 Å². The summed E-state index contributed by atoms with van der Waals surface area (Å²) < 4.78 is 2.70. The number of hydrogen-bond donors (Lipinski definition) is 0. The van der Waals surface area contributed by atoms with Crippen molar-refractivity contribution in [2.24, 2.45) is 0 Å². The van der Waals surface area contributed by atoms with E-state index in [0.717, 1.165) is 5.92 Å². The molecule has 5 rings (SSSR count). The summed E-state index contributed by atoms with van der Waals surface area (Å²) in [6.45, 7) is 11.7. The van der Waals surface area contributed by atoms with E-state index in [-0.39, 0.29) is 0 Å².